The van der Waals surface area contributed by atoms with E-state index in [1.807, 2.05) is 48.5 Å². The number of rotatable bonds is 4. The van der Waals surface area contributed by atoms with E-state index in [0.29, 0.717) is 11.6 Å². The molecule has 110 valence electrons. The number of halogens is 1. The van der Waals surface area contributed by atoms with Crippen molar-refractivity contribution in [2.45, 2.75) is 0 Å². The highest BCUT2D eigenvalue weighted by Gasteiger charge is 2.12. The minimum absolute atomic E-state index is 0.510. The van der Waals surface area contributed by atoms with Gasteiger partial charge < -0.3 is 9.47 Å². The Kier molecular flexibility index (Phi) is 4.34. The lowest BCUT2D eigenvalue weighted by Crippen LogP contribution is -1.94. The van der Waals surface area contributed by atoms with E-state index in [9.17, 15) is 0 Å². The van der Waals surface area contributed by atoms with Crippen LogP contribution >= 0.6 is 15.9 Å². The van der Waals surface area contributed by atoms with Crippen LogP contribution in [0.15, 0.2) is 65.5 Å². The van der Waals surface area contributed by atoms with Gasteiger partial charge in [0, 0.05) is 17.3 Å². The Morgan fingerprint density at radius 1 is 0.909 bits per heavy atom. The molecule has 0 saturated heterocycles. The van der Waals surface area contributed by atoms with Crippen molar-refractivity contribution < 1.29 is 9.47 Å². The molecule has 0 N–H and O–H groups in total. The van der Waals surface area contributed by atoms with Crippen molar-refractivity contribution in [1.82, 2.24) is 9.97 Å². The lowest BCUT2D eigenvalue weighted by Gasteiger charge is -2.12. The predicted molar refractivity (Wildman–Crippen MR) is 88.2 cm³/mol. The fourth-order valence-electron chi connectivity index (χ4n) is 2.08. The number of methoxy groups -OCH3 is 1. The van der Waals surface area contributed by atoms with Crippen LogP contribution in [0.25, 0.3) is 11.1 Å². The van der Waals surface area contributed by atoms with Gasteiger partial charge >= 0.3 is 0 Å². The van der Waals surface area contributed by atoms with E-state index in [-0.39, 0.29) is 0 Å². The van der Waals surface area contributed by atoms with E-state index in [1.165, 1.54) is 0 Å². The Hall–Kier alpha value is -2.40. The molecule has 2 heterocycles. The molecule has 0 aliphatic rings. The summed E-state index contributed by atoms with van der Waals surface area (Å²) in [5, 5.41) is 0. The molecule has 2 aromatic heterocycles. The number of hydrogen-bond acceptors (Lipinski definition) is 4. The van der Waals surface area contributed by atoms with Crippen LogP contribution in [0.5, 0.6) is 17.4 Å². The highest BCUT2D eigenvalue weighted by molar-refractivity contribution is 9.10. The summed E-state index contributed by atoms with van der Waals surface area (Å²) in [5.74, 6) is 1.91. The maximum absolute atomic E-state index is 5.87. The van der Waals surface area contributed by atoms with Crippen molar-refractivity contribution in [3.8, 4) is 28.5 Å². The number of para-hydroxylation sites is 1. The van der Waals surface area contributed by atoms with Gasteiger partial charge in [0.1, 0.15) is 16.1 Å². The smallest absolute Gasteiger partial charge is 0.227 e. The lowest BCUT2D eigenvalue weighted by atomic mass is 10.1. The van der Waals surface area contributed by atoms with Gasteiger partial charge in [0.25, 0.3) is 0 Å². The van der Waals surface area contributed by atoms with Gasteiger partial charge in [0.15, 0.2) is 0 Å². The molecule has 0 fully saturated rings. The summed E-state index contributed by atoms with van der Waals surface area (Å²) < 4.78 is 12.0. The zero-order valence-corrected chi connectivity index (χ0v) is 13.4. The molecule has 5 heteroatoms. The third-order valence-corrected chi connectivity index (χ3v) is 3.55. The Bertz CT molecular complexity index is 776. The van der Waals surface area contributed by atoms with Gasteiger partial charge in [-0.2, -0.15) is 0 Å². The second kappa shape index (κ2) is 6.58. The molecule has 3 aromatic rings. The highest BCUT2D eigenvalue weighted by Crippen LogP contribution is 2.36. The van der Waals surface area contributed by atoms with E-state index in [4.69, 9.17) is 9.47 Å². The molecular weight excluding hydrogens is 344 g/mol. The lowest BCUT2D eigenvalue weighted by molar-refractivity contribution is 0.415. The monoisotopic (exact) mass is 356 g/mol. The third kappa shape index (κ3) is 3.09. The van der Waals surface area contributed by atoms with Gasteiger partial charge in [0.2, 0.25) is 5.88 Å². The molecule has 0 aliphatic heterocycles. The molecule has 1 aromatic carbocycles. The molecule has 3 rings (SSSR count). The van der Waals surface area contributed by atoms with Crippen LogP contribution in [-0.2, 0) is 0 Å². The van der Waals surface area contributed by atoms with Crippen molar-refractivity contribution >= 4 is 15.9 Å². The molecular formula is C17H13BrN2O2. The topological polar surface area (TPSA) is 44.2 Å². The van der Waals surface area contributed by atoms with Crippen LogP contribution in [0.2, 0.25) is 0 Å². The Morgan fingerprint density at radius 2 is 1.73 bits per heavy atom. The van der Waals surface area contributed by atoms with Gasteiger partial charge in [-0.05, 0) is 46.3 Å². The number of ether oxygens (including phenoxy) is 2. The summed E-state index contributed by atoms with van der Waals surface area (Å²) in [6.07, 6.45) is 3.34. The molecule has 0 saturated carbocycles. The fraction of sp³-hybridized carbons (Fsp3) is 0.0588. The van der Waals surface area contributed by atoms with Crippen LogP contribution in [0, 0.1) is 0 Å². The van der Waals surface area contributed by atoms with E-state index in [0.717, 1.165) is 21.5 Å². The number of aromatic nitrogens is 2. The van der Waals surface area contributed by atoms with Gasteiger partial charge in [-0.25, -0.2) is 9.97 Å². The van der Waals surface area contributed by atoms with Gasteiger partial charge in [-0.1, -0.05) is 18.2 Å². The predicted octanol–water partition coefficient (Wildman–Crippen LogP) is 4.71. The van der Waals surface area contributed by atoms with E-state index < -0.39 is 0 Å². The molecule has 22 heavy (non-hydrogen) atoms. The molecule has 0 spiro atoms. The average Bonchev–Trinajstić information content (AvgIpc) is 2.57. The number of hydrogen-bond donors (Lipinski definition) is 0. The quantitative estimate of drug-likeness (QED) is 0.635. The first-order valence-corrected chi connectivity index (χ1v) is 7.45. The van der Waals surface area contributed by atoms with Crippen LogP contribution < -0.4 is 9.47 Å². The Balaban J connectivity index is 2.01. The number of benzene rings is 1. The van der Waals surface area contributed by atoms with E-state index in [1.54, 1.807) is 19.5 Å². The maximum Gasteiger partial charge on any atom is 0.227 e. The van der Waals surface area contributed by atoms with Crippen molar-refractivity contribution in [1.29, 1.82) is 0 Å². The molecule has 0 bridgehead atoms. The van der Waals surface area contributed by atoms with Crippen LogP contribution in [0.3, 0.4) is 0 Å². The van der Waals surface area contributed by atoms with Gasteiger partial charge in [-0.3, -0.25) is 0 Å². The fourth-order valence-corrected chi connectivity index (χ4v) is 2.31. The van der Waals surface area contributed by atoms with E-state index in [2.05, 4.69) is 25.9 Å². The number of pyridine rings is 2. The SMILES string of the molecule is COc1ccccc1-c1cccnc1Oc1ccc(Br)nc1. The van der Waals surface area contributed by atoms with Crippen molar-refractivity contribution in [3.05, 3.63) is 65.5 Å². The summed E-state index contributed by atoms with van der Waals surface area (Å²) in [6, 6.07) is 15.2. The Labute approximate surface area is 136 Å². The average molecular weight is 357 g/mol. The summed E-state index contributed by atoms with van der Waals surface area (Å²) in [4.78, 5) is 8.48. The number of nitrogens with zero attached hydrogens (tertiary/aromatic N) is 2. The van der Waals surface area contributed by atoms with Crippen LogP contribution in [0.1, 0.15) is 0 Å². The van der Waals surface area contributed by atoms with Crippen molar-refractivity contribution in [2.75, 3.05) is 7.11 Å². The molecule has 0 radical (unpaired) electrons. The van der Waals surface area contributed by atoms with Gasteiger partial charge in [-0.15, -0.1) is 0 Å². The summed E-state index contributed by atoms with van der Waals surface area (Å²) >= 11 is 3.30. The van der Waals surface area contributed by atoms with Gasteiger partial charge in [0.05, 0.1) is 13.3 Å². The van der Waals surface area contributed by atoms with Crippen LogP contribution in [-0.4, -0.2) is 17.1 Å². The highest BCUT2D eigenvalue weighted by atomic mass is 79.9. The third-order valence-electron chi connectivity index (χ3n) is 3.08. The minimum atomic E-state index is 0.510. The molecule has 0 aliphatic carbocycles. The second-order valence-corrected chi connectivity index (χ2v) is 5.29. The Morgan fingerprint density at radius 3 is 2.50 bits per heavy atom. The first kappa shape index (κ1) is 14.5. The van der Waals surface area contributed by atoms with Crippen molar-refractivity contribution in [3.63, 3.8) is 0 Å². The molecule has 4 nitrogen and oxygen atoms in total. The maximum atomic E-state index is 5.87. The summed E-state index contributed by atoms with van der Waals surface area (Å²) in [7, 11) is 1.65. The second-order valence-electron chi connectivity index (χ2n) is 4.48. The summed E-state index contributed by atoms with van der Waals surface area (Å²) in [6.45, 7) is 0. The molecule has 0 atom stereocenters. The standard InChI is InChI=1S/C17H13BrN2O2/c1-21-15-7-3-2-5-13(15)14-6-4-10-19-17(14)22-12-8-9-16(18)20-11-12/h2-11H,1H3. The van der Waals surface area contributed by atoms with E-state index >= 15 is 0 Å². The first-order chi connectivity index (χ1) is 10.8. The zero-order chi connectivity index (χ0) is 15.4. The molecule has 0 amide bonds. The zero-order valence-electron chi connectivity index (χ0n) is 11.9. The molecule has 0 unspecified atom stereocenters. The minimum Gasteiger partial charge on any atom is -0.496 e. The van der Waals surface area contributed by atoms with Crippen molar-refractivity contribution in [2.24, 2.45) is 0 Å². The first-order valence-electron chi connectivity index (χ1n) is 6.66. The largest absolute Gasteiger partial charge is 0.496 e. The summed E-state index contributed by atoms with van der Waals surface area (Å²) in [5.41, 5.74) is 1.79. The van der Waals surface area contributed by atoms with Crippen LogP contribution in [0.4, 0.5) is 0 Å². The normalized spacial score (nSPS) is 10.3.